The van der Waals surface area contributed by atoms with E-state index < -0.39 is 6.29 Å². The summed E-state index contributed by atoms with van der Waals surface area (Å²) in [6, 6.07) is 6.41. The Morgan fingerprint density at radius 2 is 1.87 bits per heavy atom. The highest BCUT2D eigenvalue weighted by Crippen LogP contribution is 2.42. The third-order valence-corrected chi connectivity index (χ3v) is 2.13. The number of nitrogens with zero attached hydrogens (tertiary/aromatic N) is 1. The first kappa shape index (κ1) is 8.40. The SMILES string of the molecule is FC1(F)Oc2cc3cccnc3cc2O1. The number of alkyl halides is 2. The predicted molar refractivity (Wildman–Crippen MR) is 47.9 cm³/mol. The Kier molecular flexibility index (Phi) is 1.44. The standard InChI is InChI=1S/C10H5F2NO2/c11-10(12)14-8-4-6-2-1-3-13-7(6)5-9(8)15-10/h1-5H. The summed E-state index contributed by atoms with van der Waals surface area (Å²) in [5, 5.41) is 0.734. The maximum absolute atomic E-state index is 12.7. The van der Waals surface area contributed by atoms with Gasteiger partial charge in [0.25, 0.3) is 0 Å². The second-order valence-electron chi connectivity index (χ2n) is 3.16. The van der Waals surface area contributed by atoms with Crippen LogP contribution in [0.25, 0.3) is 10.9 Å². The molecule has 2 heterocycles. The first-order valence-corrected chi connectivity index (χ1v) is 4.29. The van der Waals surface area contributed by atoms with E-state index in [-0.39, 0.29) is 11.5 Å². The van der Waals surface area contributed by atoms with Crippen LogP contribution in [0.4, 0.5) is 8.78 Å². The van der Waals surface area contributed by atoms with Crippen LogP contribution in [0.3, 0.4) is 0 Å². The van der Waals surface area contributed by atoms with E-state index in [2.05, 4.69) is 14.5 Å². The number of hydrogen-bond donors (Lipinski definition) is 0. The van der Waals surface area contributed by atoms with E-state index in [0.717, 1.165) is 5.39 Å². The summed E-state index contributed by atoms with van der Waals surface area (Å²) in [6.07, 6.45) is -1.98. The molecule has 1 aromatic carbocycles. The Morgan fingerprint density at radius 3 is 2.67 bits per heavy atom. The Balaban J connectivity index is 2.23. The Labute approximate surface area is 83.2 Å². The van der Waals surface area contributed by atoms with Crippen LogP contribution in [0, 0.1) is 0 Å². The number of halogens is 2. The average Bonchev–Trinajstić information content (AvgIpc) is 2.46. The lowest BCUT2D eigenvalue weighted by atomic mass is 10.2. The molecule has 0 amide bonds. The number of aromatic nitrogens is 1. The average molecular weight is 209 g/mol. The van der Waals surface area contributed by atoms with Crippen LogP contribution < -0.4 is 9.47 Å². The fourth-order valence-electron chi connectivity index (χ4n) is 1.52. The highest BCUT2D eigenvalue weighted by molar-refractivity contribution is 5.82. The molecule has 0 atom stereocenters. The van der Waals surface area contributed by atoms with Gasteiger partial charge in [-0.3, -0.25) is 4.98 Å². The molecule has 0 aliphatic carbocycles. The largest absolute Gasteiger partial charge is 0.586 e. The molecular weight excluding hydrogens is 204 g/mol. The topological polar surface area (TPSA) is 31.4 Å². The first-order chi connectivity index (χ1) is 7.14. The molecule has 2 aromatic rings. The molecule has 0 bridgehead atoms. The van der Waals surface area contributed by atoms with Crippen LogP contribution in [-0.4, -0.2) is 11.3 Å². The molecule has 0 saturated carbocycles. The van der Waals surface area contributed by atoms with Gasteiger partial charge in [0.1, 0.15) is 0 Å². The molecule has 0 N–H and O–H groups in total. The minimum Gasteiger partial charge on any atom is -0.395 e. The van der Waals surface area contributed by atoms with Crippen LogP contribution in [0.15, 0.2) is 30.5 Å². The molecule has 1 aromatic heterocycles. The third-order valence-electron chi connectivity index (χ3n) is 2.13. The van der Waals surface area contributed by atoms with Crippen molar-refractivity contribution >= 4 is 10.9 Å². The van der Waals surface area contributed by atoms with Gasteiger partial charge in [0.05, 0.1) is 5.52 Å². The van der Waals surface area contributed by atoms with Crippen molar-refractivity contribution < 1.29 is 18.3 Å². The third kappa shape index (κ3) is 1.27. The van der Waals surface area contributed by atoms with E-state index in [1.54, 1.807) is 18.3 Å². The molecule has 0 fully saturated rings. The number of benzene rings is 1. The van der Waals surface area contributed by atoms with Crippen molar-refractivity contribution in [2.24, 2.45) is 0 Å². The quantitative estimate of drug-likeness (QED) is 0.668. The van der Waals surface area contributed by atoms with Gasteiger partial charge in [0.15, 0.2) is 11.5 Å². The predicted octanol–water partition coefficient (Wildman–Crippen LogP) is 2.56. The van der Waals surface area contributed by atoms with E-state index in [1.165, 1.54) is 12.1 Å². The monoisotopic (exact) mass is 209 g/mol. The van der Waals surface area contributed by atoms with Gasteiger partial charge >= 0.3 is 6.29 Å². The van der Waals surface area contributed by atoms with Gasteiger partial charge in [-0.2, -0.15) is 0 Å². The van der Waals surface area contributed by atoms with E-state index in [0.29, 0.717) is 5.52 Å². The van der Waals surface area contributed by atoms with Crippen molar-refractivity contribution in [3.8, 4) is 11.5 Å². The maximum Gasteiger partial charge on any atom is 0.586 e. The lowest BCUT2D eigenvalue weighted by Crippen LogP contribution is -2.25. The highest BCUT2D eigenvalue weighted by Gasteiger charge is 2.43. The first-order valence-electron chi connectivity index (χ1n) is 4.29. The van der Waals surface area contributed by atoms with Crippen LogP contribution in [0.5, 0.6) is 11.5 Å². The van der Waals surface area contributed by atoms with Crippen LogP contribution in [0.2, 0.25) is 0 Å². The van der Waals surface area contributed by atoms with Gasteiger partial charge in [-0.1, -0.05) is 6.07 Å². The zero-order valence-corrected chi connectivity index (χ0v) is 7.41. The zero-order chi connectivity index (χ0) is 10.5. The van der Waals surface area contributed by atoms with Crippen LogP contribution >= 0.6 is 0 Å². The van der Waals surface area contributed by atoms with Gasteiger partial charge in [-0.25, -0.2) is 0 Å². The number of ether oxygens (including phenoxy) is 2. The summed E-state index contributed by atoms with van der Waals surface area (Å²) in [6.45, 7) is 0. The summed E-state index contributed by atoms with van der Waals surface area (Å²) in [7, 11) is 0. The number of hydrogen-bond acceptors (Lipinski definition) is 3. The molecule has 76 valence electrons. The summed E-state index contributed by atoms with van der Waals surface area (Å²) in [5.41, 5.74) is 0.595. The summed E-state index contributed by atoms with van der Waals surface area (Å²) in [4.78, 5) is 4.03. The molecule has 0 radical (unpaired) electrons. The second kappa shape index (κ2) is 2.56. The van der Waals surface area contributed by atoms with Gasteiger partial charge < -0.3 is 9.47 Å². The lowest BCUT2D eigenvalue weighted by Gasteiger charge is -2.04. The second-order valence-corrected chi connectivity index (χ2v) is 3.16. The van der Waals surface area contributed by atoms with E-state index in [4.69, 9.17) is 0 Å². The fourth-order valence-corrected chi connectivity index (χ4v) is 1.52. The molecule has 0 spiro atoms. The molecule has 5 heteroatoms. The van der Waals surface area contributed by atoms with Crippen molar-refractivity contribution in [1.29, 1.82) is 0 Å². The van der Waals surface area contributed by atoms with E-state index in [1.807, 2.05) is 0 Å². The van der Waals surface area contributed by atoms with Gasteiger partial charge in [0, 0.05) is 17.6 Å². The normalized spacial score (nSPS) is 16.9. The van der Waals surface area contributed by atoms with E-state index in [9.17, 15) is 8.78 Å². The van der Waals surface area contributed by atoms with Crippen LogP contribution in [-0.2, 0) is 0 Å². The molecule has 15 heavy (non-hydrogen) atoms. The fraction of sp³-hybridized carbons (Fsp3) is 0.100. The molecule has 1 aliphatic rings. The van der Waals surface area contributed by atoms with Crippen molar-refractivity contribution in [3.05, 3.63) is 30.5 Å². The lowest BCUT2D eigenvalue weighted by molar-refractivity contribution is -0.286. The minimum absolute atomic E-state index is 0.0196. The molecule has 0 saturated heterocycles. The van der Waals surface area contributed by atoms with E-state index >= 15 is 0 Å². The Bertz CT molecular complexity index is 495. The molecule has 0 unspecified atom stereocenters. The van der Waals surface area contributed by atoms with Crippen LogP contribution in [0.1, 0.15) is 0 Å². The Hall–Kier alpha value is -1.91. The smallest absolute Gasteiger partial charge is 0.395 e. The number of pyridine rings is 1. The minimum atomic E-state index is -3.57. The maximum atomic E-state index is 12.7. The number of rotatable bonds is 0. The summed E-state index contributed by atoms with van der Waals surface area (Å²) in [5.74, 6) is 0.0618. The highest BCUT2D eigenvalue weighted by atomic mass is 19.3. The van der Waals surface area contributed by atoms with Gasteiger partial charge in [-0.15, -0.1) is 8.78 Å². The zero-order valence-electron chi connectivity index (χ0n) is 7.41. The molecule has 3 rings (SSSR count). The molecule has 1 aliphatic heterocycles. The van der Waals surface area contributed by atoms with Crippen molar-refractivity contribution in [3.63, 3.8) is 0 Å². The van der Waals surface area contributed by atoms with Gasteiger partial charge in [0.2, 0.25) is 0 Å². The summed E-state index contributed by atoms with van der Waals surface area (Å²) >= 11 is 0. The number of fused-ring (bicyclic) bond motifs is 2. The van der Waals surface area contributed by atoms with Crippen molar-refractivity contribution in [1.82, 2.24) is 4.98 Å². The van der Waals surface area contributed by atoms with Gasteiger partial charge in [-0.05, 0) is 12.1 Å². The molecular formula is C10H5F2NO2. The van der Waals surface area contributed by atoms with Crippen molar-refractivity contribution in [2.75, 3.05) is 0 Å². The summed E-state index contributed by atoms with van der Waals surface area (Å²) < 4.78 is 34.1. The van der Waals surface area contributed by atoms with Crippen molar-refractivity contribution in [2.45, 2.75) is 6.29 Å². The Morgan fingerprint density at radius 1 is 1.13 bits per heavy atom. The molecule has 3 nitrogen and oxygen atoms in total.